The van der Waals surface area contributed by atoms with E-state index in [1.165, 1.54) is 12.1 Å². The van der Waals surface area contributed by atoms with Gasteiger partial charge in [-0.1, -0.05) is 31.1 Å². The normalized spacial score (nSPS) is 17.5. The van der Waals surface area contributed by atoms with Gasteiger partial charge in [-0.15, -0.1) is 0 Å². The average Bonchev–Trinajstić information content (AvgIpc) is 3.24. The molecule has 1 atom stereocenters. The summed E-state index contributed by atoms with van der Waals surface area (Å²) >= 11 is 0. The maximum atomic E-state index is 12.8. The van der Waals surface area contributed by atoms with Crippen LogP contribution in [0.15, 0.2) is 47.1 Å². The number of pyridine rings is 1. The Hall–Kier alpha value is -2.94. The minimum Gasteiger partial charge on any atom is -0.370 e. The molecule has 1 fully saturated rings. The monoisotopic (exact) mass is 418 g/mol. The topological polar surface area (TPSA) is 64.3 Å². The van der Waals surface area contributed by atoms with Gasteiger partial charge in [-0.25, -0.2) is 4.98 Å². The Labute approximate surface area is 171 Å². The molecule has 0 spiro atoms. The van der Waals surface area contributed by atoms with Crippen LogP contribution in [0.25, 0.3) is 11.5 Å². The van der Waals surface area contributed by atoms with E-state index in [1.54, 1.807) is 12.3 Å². The average molecular weight is 418 g/mol. The molecule has 0 radical (unpaired) electrons. The molecular formula is C21H21F3N4O2. The number of rotatable bonds is 4. The standard InChI is InChI=1S/C21H21F3N4O2/c1-13(2)19-26-20(30-27-19)15-7-8-25-18(11-15)28-9-10-29-17(12-28)14-3-5-16(6-4-14)21(22,23)24/h3-8,11,13,17H,9-10,12H2,1-2H3. The van der Waals surface area contributed by atoms with Crippen molar-refractivity contribution < 1.29 is 22.4 Å². The first-order valence-electron chi connectivity index (χ1n) is 9.65. The largest absolute Gasteiger partial charge is 0.416 e. The molecule has 3 heterocycles. The van der Waals surface area contributed by atoms with Crippen LogP contribution in [0.4, 0.5) is 19.0 Å². The minimum atomic E-state index is -4.35. The van der Waals surface area contributed by atoms with Gasteiger partial charge >= 0.3 is 6.18 Å². The van der Waals surface area contributed by atoms with Gasteiger partial charge in [-0.05, 0) is 29.8 Å². The zero-order chi connectivity index (χ0) is 21.3. The summed E-state index contributed by atoms with van der Waals surface area (Å²) in [4.78, 5) is 10.9. The van der Waals surface area contributed by atoms with E-state index in [1.807, 2.05) is 24.8 Å². The van der Waals surface area contributed by atoms with Crippen LogP contribution < -0.4 is 4.90 Å². The zero-order valence-corrected chi connectivity index (χ0v) is 16.6. The van der Waals surface area contributed by atoms with E-state index in [2.05, 4.69) is 15.1 Å². The number of aromatic nitrogens is 3. The van der Waals surface area contributed by atoms with Gasteiger partial charge in [0.25, 0.3) is 5.89 Å². The molecule has 0 N–H and O–H groups in total. The Kier molecular flexibility index (Phi) is 5.46. The lowest BCUT2D eigenvalue weighted by Gasteiger charge is -2.34. The maximum absolute atomic E-state index is 12.8. The first-order valence-corrected chi connectivity index (χ1v) is 9.65. The fourth-order valence-electron chi connectivity index (χ4n) is 3.26. The first-order chi connectivity index (χ1) is 14.3. The Balaban J connectivity index is 1.52. The van der Waals surface area contributed by atoms with Crippen molar-refractivity contribution in [3.05, 3.63) is 59.5 Å². The fourth-order valence-corrected chi connectivity index (χ4v) is 3.26. The zero-order valence-electron chi connectivity index (χ0n) is 16.6. The summed E-state index contributed by atoms with van der Waals surface area (Å²) < 4.78 is 49.6. The lowest BCUT2D eigenvalue weighted by molar-refractivity contribution is -0.137. The van der Waals surface area contributed by atoms with Crippen LogP contribution in [-0.4, -0.2) is 34.8 Å². The molecule has 158 valence electrons. The van der Waals surface area contributed by atoms with Crippen molar-refractivity contribution in [2.24, 2.45) is 0 Å². The van der Waals surface area contributed by atoms with Crippen LogP contribution in [-0.2, 0) is 10.9 Å². The molecule has 4 rings (SSSR count). The fraction of sp³-hybridized carbons (Fsp3) is 0.381. The summed E-state index contributed by atoms with van der Waals surface area (Å²) in [7, 11) is 0. The lowest BCUT2D eigenvalue weighted by Crippen LogP contribution is -2.38. The summed E-state index contributed by atoms with van der Waals surface area (Å²) in [6.45, 7) is 5.51. The van der Waals surface area contributed by atoms with E-state index >= 15 is 0 Å². The van der Waals surface area contributed by atoms with E-state index in [9.17, 15) is 13.2 Å². The molecule has 2 aromatic heterocycles. The van der Waals surface area contributed by atoms with Crippen molar-refractivity contribution >= 4 is 5.82 Å². The molecular weight excluding hydrogens is 397 g/mol. The van der Waals surface area contributed by atoms with Gasteiger partial charge in [0.15, 0.2) is 5.82 Å². The Morgan fingerprint density at radius 3 is 2.57 bits per heavy atom. The molecule has 1 aromatic carbocycles. The quantitative estimate of drug-likeness (QED) is 0.604. The van der Waals surface area contributed by atoms with Gasteiger partial charge < -0.3 is 14.2 Å². The summed E-state index contributed by atoms with van der Waals surface area (Å²) in [6, 6.07) is 8.76. The second kappa shape index (κ2) is 8.06. The number of hydrogen-bond acceptors (Lipinski definition) is 6. The Bertz CT molecular complexity index is 1000. The summed E-state index contributed by atoms with van der Waals surface area (Å²) in [6.07, 6.45) is -3.03. The highest BCUT2D eigenvalue weighted by Gasteiger charge is 2.31. The van der Waals surface area contributed by atoms with Gasteiger partial charge in [0, 0.05) is 30.8 Å². The highest BCUT2D eigenvalue weighted by Crippen LogP contribution is 2.32. The third kappa shape index (κ3) is 4.30. The molecule has 0 saturated carbocycles. The summed E-state index contributed by atoms with van der Waals surface area (Å²) in [5.41, 5.74) is 0.785. The van der Waals surface area contributed by atoms with Crippen molar-refractivity contribution in [1.29, 1.82) is 0 Å². The predicted molar refractivity (Wildman–Crippen MR) is 104 cm³/mol. The van der Waals surface area contributed by atoms with E-state index in [4.69, 9.17) is 9.26 Å². The molecule has 1 aliphatic heterocycles. The third-order valence-corrected chi connectivity index (χ3v) is 4.95. The smallest absolute Gasteiger partial charge is 0.370 e. The first kappa shape index (κ1) is 20.3. The van der Waals surface area contributed by atoms with Crippen LogP contribution in [0, 0.1) is 0 Å². The van der Waals surface area contributed by atoms with Crippen molar-refractivity contribution in [3.63, 3.8) is 0 Å². The highest BCUT2D eigenvalue weighted by atomic mass is 19.4. The van der Waals surface area contributed by atoms with Crippen molar-refractivity contribution in [2.45, 2.75) is 32.0 Å². The van der Waals surface area contributed by atoms with Gasteiger partial charge in [0.05, 0.1) is 12.2 Å². The molecule has 1 aliphatic rings. The number of hydrogen-bond donors (Lipinski definition) is 0. The van der Waals surface area contributed by atoms with Crippen molar-refractivity contribution in [1.82, 2.24) is 15.1 Å². The van der Waals surface area contributed by atoms with Crippen LogP contribution >= 0.6 is 0 Å². The predicted octanol–water partition coefficient (Wildman–Crippen LogP) is 4.85. The lowest BCUT2D eigenvalue weighted by atomic mass is 10.0. The minimum absolute atomic E-state index is 0.160. The van der Waals surface area contributed by atoms with Gasteiger partial charge in [-0.2, -0.15) is 18.2 Å². The highest BCUT2D eigenvalue weighted by molar-refractivity contribution is 5.59. The van der Waals surface area contributed by atoms with E-state index in [-0.39, 0.29) is 12.0 Å². The molecule has 3 aromatic rings. The summed E-state index contributed by atoms with van der Waals surface area (Å²) in [5.74, 6) is 1.94. The maximum Gasteiger partial charge on any atom is 0.416 e. The second-order valence-corrected chi connectivity index (χ2v) is 7.44. The number of ether oxygens (including phenoxy) is 1. The van der Waals surface area contributed by atoms with Crippen molar-refractivity contribution in [2.75, 3.05) is 24.6 Å². The molecule has 0 aliphatic carbocycles. The molecule has 30 heavy (non-hydrogen) atoms. The number of nitrogens with zero attached hydrogens (tertiary/aromatic N) is 4. The van der Waals surface area contributed by atoms with Gasteiger partial charge in [0.1, 0.15) is 11.9 Å². The molecule has 9 heteroatoms. The SMILES string of the molecule is CC(C)c1noc(-c2ccnc(N3CCOC(c4ccc(C(F)(F)F)cc4)C3)c2)n1. The number of benzene rings is 1. The molecule has 6 nitrogen and oxygen atoms in total. The number of halogens is 3. The van der Waals surface area contributed by atoms with Crippen molar-refractivity contribution in [3.8, 4) is 11.5 Å². The number of anilines is 1. The van der Waals surface area contributed by atoms with Crippen LogP contribution in [0.3, 0.4) is 0 Å². The molecule has 1 saturated heterocycles. The van der Waals surface area contributed by atoms with Crippen LogP contribution in [0.5, 0.6) is 0 Å². The Morgan fingerprint density at radius 2 is 1.90 bits per heavy atom. The van der Waals surface area contributed by atoms with Gasteiger partial charge in [-0.3, -0.25) is 0 Å². The molecule has 0 amide bonds. The molecule has 1 unspecified atom stereocenters. The second-order valence-electron chi connectivity index (χ2n) is 7.44. The molecule has 0 bridgehead atoms. The Morgan fingerprint density at radius 1 is 1.13 bits per heavy atom. The summed E-state index contributed by atoms with van der Waals surface area (Å²) in [5, 5.41) is 3.99. The van der Waals surface area contributed by atoms with Crippen LogP contribution in [0.1, 0.15) is 42.8 Å². The van der Waals surface area contributed by atoms with E-state index < -0.39 is 11.7 Å². The van der Waals surface area contributed by atoms with E-state index in [0.717, 1.165) is 23.5 Å². The van der Waals surface area contributed by atoms with Gasteiger partial charge in [0.2, 0.25) is 0 Å². The number of morpholine rings is 1. The third-order valence-electron chi connectivity index (χ3n) is 4.95. The van der Waals surface area contributed by atoms with E-state index in [0.29, 0.717) is 37.0 Å². The number of alkyl halides is 3. The van der Waals surface area contributed by atoms with Crippen LogP contribution in [0.2, 0.25) is 0 Å².